The first-order valence-corrected chi connectivity index (χ1v) is 9.62. The van der Waals surface area contributed by atoms with E-state index in [2.05, 4.69) is 5.32 Å². The maximum Gasteiger partial charge on any atom is 0.327 e. The highest BCUT2D eigenvalue weighted by Gasteiger charge is 2.54. The summed E-state index contributed by atoms with van der Waals surface area (Å²) < 4.78 is 0. The Morgan fingerprint density at radius 1 is 1.21 bits per heavy atom. The molecule has 4 N–H and O–H groups in total. The van der Waals surface area contributed by atoms with Crippen molar-refractivity contribution < 1.29 is 19.5 Å². The molecule has 0 spiro atoms. The van der Waals surface area contributed by atoms with Crippen molar-refractivity contribution in [3.8, 4) is 0 Å². The standard InChI is InChI=1S/C19H22N4O4.C2H6/c1-22-8-7-13(10-15(22)20)9-14-16(18(25)26)23(17(14)24)19(27)21-11-12-5-3-2-4-6-12;1-2/h2-8,10,14-16H,9,11,20H2,1H3,(H,21,27)(H,25,26);1-2H3/t14-,15?,16?;/m1./s1. The molecule has 1 aromatic rings. The number of carbonyl (C=O) groups is 3. The Morgan fingerprint density at radius 3 is 2.45 bits per heavy atom. The first-order chi connectivity index (χ1) is 13.9. The van der Waals surface area contributed by atoms with Crippen LogP contribution in [-0.4, -0.2) is 52.1 Å². The van der Waals surface area contributed by atoms with Crippen LogP contribution in [0.2, 0.25) is 0 Å². The van der Waals surface area contributed by atoms with Crippen molar-refractivity contribution in [1.82, 2.24) is 15.1 Å². The monoisotopic (exact) mass is 400 g/mol. The van der Waals surface area contributed by atoms with Crippen LogP contribution < -0.4 is 11.1 Å². The molecular formula is C21H28N4O4. The predicted molar refractivity (Wildman–Crippen MR) is 109 cm³/mol. The number of hydrogen-bond acceptors (Lipinski definition) is 5. The van der Waals surface area contributed by atoms with Crippen LogP contribution in [0.3, 0.4) is 0 Å². The lowest BCUT2D eigenvalue weighted by molar-refractivity contribution is -0.165. The maximum absolute atomic E-state index is 12.5. The molecule has 2 aliphatic heterocycles. The summed E-state index contributed by atoms with van der Waals surface area (Å²) in [7, 11) is 1.82. The van der Waals surface area contributed by atoms with Crippen molar-refractivity contribution in [2.24, 2.45) is 11.7 Å². The van der Waals surface area contributed by atoms with Gasteiger partial charge in [0.1, 0.15) is 0 Å². The smallest absolute Gasteiger partial charge is 0.327 e. The summed E-state index contributed by atoms with van der Waals surface area (Å²) in [5.74, 6) is -2.47. The van der Waals surface area contributed by atoms with Gasteiger partial charge >= 0.3 is 12.0 Å². The van der Waals surface area contributed by atoms with Gasteiger partial charge in [-0.25, -0.2) is 14.5 Å². The number of benzene rings is 1. The van der Waals surface area contributed by atoms with Crippen LogP contribution in [0.1, 0.15) is 25.8 Å². The summed E-state index contributed by atoms with van der Waals surface area (Å²) in [6.07, 6.45) is 5.27. The Balaban J connectivity index is 0.00000145. The van der Waals surface area contributed by atoms with Gasteiger partial charge in [-0.15, -0.1) is 0 Å². The van der Waals surface area contributed by atoms with E-state index < -0.39 is 29.9 Å². The number of allylic oxidation sites excluding steroid dienone is 2. The molecule has 8 heteroatoms. The minimum Gasteiger partial charge on any atom is -0.480 e. The quantitative estimate of drug-likeness (QED) is 0.650. The third-order valence-corrected chi connectivity index (χ3v) is 4.81. The minimum absolute atomic E-state index is 0.218. The second-order valence-corrected chi connectivity index (χ2v) is 6.66. The van der Waals surface area contributed by atoms with Crippen LogP contribution >= 0.6 is 0 Å². The Labute approximate surface area is 170 Å². The van der Waals surface area contributed by atoms with Gasteiger partial charge in [-0.05, 0) is 29.7 Å². The van der Waals surface area contributed by atoms with Crippen molar-refractivity contribution in [2.45, 2.75) is 39.0 Å². The molecule has 0 bridgehead atoms. The molecule has 3 amide bonds. The Morgan fingerprint density at radius 2 is 1.86 bits per heavy atom. The summed E-state index contributed by atoms with van der Waals surface area (Å²) in [6, 6.07) is 7.30. The molecular weight excluding hydrogens is 372 g/mol. The molecule has 3 rings (SSSR count). The predicted octanol–water partition coefficient (Wildman–Crippen LogP) is 1.89. The number of β-lactam (4-membered cyclic amide) rings is 1. The fraction of sp³-hybridized carbons (Fsp3) is 0.381. The zero-order valence-electron chi connectivity index (χ0n) is 16.9. The zero-order chi connectivity index (χ0) is 21.6. The van der Waals surface area contributed by atoms with Crippen molar-refractivity contribution in [1.29, 1.82) is 0 Å². The normalized spacial score (nSPS) is 22.8. The number of aliphatic carboxylic acids is 1. The van der Waals surface area contributed by atoms with Gasteiger partial charge in [0, 0.05) is 19.8 Å². The summed E-state index contributed by atoms with van der Waals surface area (Å²) in [4.78, 5) is 39.0. The minimum atomic E-state index is -1.20. The van der Waals surface area contributed by atoms with Crippen LogP contribution in [0, 0.1) is 5.92 Å². The van der Waals surface area contributed by atoms with Gasteiger partial charge in [-0.3, -0.25) is 4.79 Å². The average molecular weight is 400 g/mol. The number of nitrogens with one attached hydrogen (secondary N) is 1. The number of carboxylic acids is 1. The summed E-state index contributed by atoms with van der Waals surface area (Å²) in [5, 5.41) is 12.1. The number of hydrogen-bond donors (Lipinski definition) is 3. The fourth-order valence-electron chi connectivity index (χ4n) is 3.21. The fourth-order valence-corrected chi connectivity index (χ4v) is 3.21. The van der Waals surface area contributed by atoms with Crippen LogP contribution in [0.15, 0.2) is 54.3 Å². The Kier molecular flexibility index (Phi) is 7.55. The lowest BCUT2D eigenvalue weighted by Crippen LogP contribution is -2.68. The molecule has 2 unspecified atom stereocenters. The number of rotatable bonds is 5. The van der Waals surface area contributed by atoms with E-state index in [1.54, 1.807) is 23.3 Å². The third-order valence-electron chi connectivity index (χ3n) is 4.81. The maximum atomic E-state index is 12.5. The van der Waals surface area contributed by atoms with Crippen LogP contribution in [-0.2, 0) is 16.1 Å². The highest BCUT2D eigenvalue weighted by Crippen LogP contribution is 2.33. The molecule has 1 aromatic carbocycles. The van der Waals surface area contributed by atoms with E-state index in [0.29, 0.717) is 0 Å². The zero-order valence-corrected chi connectivity index (χ0v) is 16.9. The molecule has 2 heterocycles. The molecule has 2 aliphatic rings. The second-order valence-electron chi connectivity index (χ2n) is 6.66. The number of carboxylic acid groups (broad SMARTS) is 1. The van der Waals surface area contributed by atoms with Gasteiger partial charge in [0.2, 0.25) is 5.91 Å². The number of likely N-dealkylation sites (N-methyl/N-ethyl adjacent to an activating group) is 1. The largest absolute Gasteiger partial charge is 0.480 e. The van der Waals surface area contributed by atoms with E-state index in [9.17, 15) is 19.5 Å². The third kappa shape index (κ3) is 5.03. The van der Waals surface area contributed by atoms with Crippen molar-refractivity contribution in [2.75, 3.05) is 7.05 Å². The topological polar surface area (TPSA) is 116 Å². The molecule has 0 radical (unpaired) electrons. The van der Waals surface area contributed by atoms with E-state index >= 15 is 0 Å². The number of urea groups is 1. The number of nitrogens with zero attached hydrogens (tertiary/aromatic N) is 2. The molecule has 1 saturated heterocycles. The highest BCUT2D eigenvalue weighted by atomic mass is 16.4. The molecule has 1 fully saturated rings. The SMILES string of the molecule is CC.CN1C=CC(C[C@H]2C(=O)N(C(=O)NCc3ccccc3)C2C(=O)O)=CC1N. The summed E-state index contributed by atoms with van der Waals surface area (Å²) >= 11 is 0. The van der Waals surface area contributed by atoms with Crippen LogP contribution in [0.25, 0.3) is 0 Å². The number of nitrogens with two attached hydrogens (primary N) is 1. The van der Waals surface area contributed by atoms with Gasteiger partial charge in [-0.1, -0.05) is 44.2 Å². The summed E-state index contributed by atoms with van der Waals surface area (Å²) in [5.41, 5.74) is 7.57. The average Bonchev–Trinajstić information content (AvgIpc) is 2.72. The first-order valence-electron chi connectivity index (χ1n) is 9.62. The Hall–Kier alpha value is -3.13. The van der Waals surface area contributed by atoms with Gasteiger partial charge in [0.05, 0.1) is 12.1 Å². The van der Waals surface area contributed by atoms with Crippen molar-refractivity contribution in [3.63, 3.8) is 0 Å². The lowest BCUT2D eigenvalue weighted by atomic mass is 9.82. The van der Waals surface area contributed by atoms with E-state index in [0.717, 1.165) is 16.0 Å². The lowest BCUT2D eigenvalue weighted by Gasteiger charge is -2.43. The molecule has 3 atom stereocenters. The van der Waals surface area contributed by atoms with Gasteiger partial charge < -0.3 is 21.1 Å². The van der Waals surface area contributed by atoms with Gasteiger partial charge in [0.25, 0.3) is 0 Å². The number of amides is 3. The number of imide groups is 1. The Bertz CT molecular complexity index is 806. The second kappa shape index (κ2) is 9.88. The van der Waals surface area contributed by atoms with Crippen molar-refractivity contribution >= 4 is 17.9 Å². The summed E-state index contributed by atoms with van der Waals surface area (Å²) in [6.45, 7) is 4.22. The molecule has 8 nitrogen and oxygen atoms in total. The number of carbonyl (C=O) groups excluding carboxylic acids is 2. The molecule has 29 heavy (non-hydrogen) atoms. The first kappa shape index (κ1) is 22.2. The number of likely N-dealkylation sites (tertiary alicyclic amines) is 1. The van der Waals surface area contributed by atoms with E-state index in [1.165, 1.54) is 0 Å². The molecule has 0 aromatic heterocycles. The molecule has 0 saturated carbocycles. The van der Waals surface area contributed by atoms with Crippen LogP contribution in [0.5, 0.6) is 0 Å². The van der Waals surface area contributed by atoms with Gasteiger partial charge in [0.15, 0.2) is 6.04 Å². The molecule has 156 valence electrons. The molecule has 0 aliphatic carbocycles. The van der Waals surface area contributed by atoms with Gasteiger partial charge in [-0.2, -0.15) is 0 Å². The van der Waals surface area contributed by atoms with Crippen LogP contribution in [0.4, 0.5) is 4.79 Å². The van der Waals surface area contributed by atoms with Crippen molar-refractivity contribution in [3.05, 3.63) is 59.8 Å². The van der Waals surface area contributed by atoms with E-state index in [4.69, 9.17) is 5.73 Å². The van der Waals surface area contributed by atoms with E-state index in [1.807, 2.05) is 51.2 Å². The van der Waals surface area contributed by atoms with E-state index in [-0.39, 0.29) is 19.1 Å². The highest BCUT2D eigenvalue weighted by molar-refractivity contribution is 6.07.